The van der Waals surface area contributed by atoms with Gasteiger partial charge >= 0.3 is 6.03 Å². The Bertz CT molecular complexity index is 351. The number of rotatable bonds is 0. The Hall–Kier alpha value is -1.58. The molecule has 0 bridgehead atoms. The molecule has 1 aromatic rings. The Labute approximate surface area is 74.9 Å². The Kier molecular flexibility index (Phi) is 1.88. The maximum atomic E-state index is 13.2. The first-order valence-electron chi connectivity index (χ1n) is 4.09. The summed E-state index contributed by atoms with van der Waals surface area (Å²) in [6.07, 6.45) is 0.529. The van der Waals surface area contributed by atoms with Crippen molar-refractivity contribution in [2.75, 3.05) is 11.9 Å². The third kappa shape index (κ3) is 1.47. The lowest BCUT2D eigenvalue weighted by atomic mass is 10.1. The van der Waals surface area contributed by atoms with Crippen LogP contribution in [0, 0.1) is 5.82 Å². The average molecular weight is 180 g/mol. The first-order chi connectivity index (χ1) is 6.27. The van der Waals surface area contributed by atoms with Crippen LogP contribution in [0.2, 0.25) is 0 Å². The van der Waals surface area contributed by atoms with Crippen LogP contribution in [0.3, 0.4) is 0 Å². The Morgan fingerprint density at radius 1 is 1.38 bits per heavy atom. The highest BCUT2D eigenvalue weighted by molar-refractivity contribution is 5.90. The highest BCUT2D eigenvalue weighted by Crippen LogP contribution is 2.20. The van der Waals surface area contributed by atoms with Crippen LogP contribution in [-0.4, -0.2) is 12.6 Å². The lowest BCUT2D eigenvalue weighted by Gasteiger charge is -2.05. The van der Waals surface area contributed by atoms with Gasteiger partial charge in [0.05, 0.1) is 0 Å². The van der Waals surface area contributed by atoms with E-state index in [-0.39, 0.29) is 11.8 Å². The van der Waals surface area contributed by atoms with E-state index in [1.165, 1.54) is 6.07 Å². The highest BCUT2D eigenvalue weighted by atomic mass is 19.1. The van der Waals surface area contributed by atoms with E-state index in [0.717, 1.165) is 0 Å². The van der Waals surface area contributed by atoms with E-state index in [0.29, 0.717) is 24.2 Å². The summed E-state index contributed by atoms with van der Waals surface area (Å²) >= 11 is 0. The molecule has 0 aliphatic carbocycles. The van der Waals surface area contributed by atoms with Gasteiger partial charge < -0.3 is 10.6 Å². The van der Waals surface area contributed by atoms with Crippen LogP contribution in [0.25, 0.3) is 0 Å². The molecule has 0 fully saturated rings. The van der Waals surface area contributed by atoms with Crippen LogP contribution in [0.4, 0.5) is 14.9 Å². The van der Waals surface area contributed by atoms with E-state index in [1.807, 2.05) is 0 Å². The molecule has 2 amide bonds. The van der Waals surface area contributed by atoms with E-state index in [4.69, 9.17) is 0 Å². The van der Waals surface area contributed by atoms with Crippen molar-refractivity contribution in [1.82, 2.24) is 5.32 Å². The number of carbonyl (C=O) groups is 1. The number of benzene rings is 1. The van der Waals surface area contributed by atoms with Crippen LogP contribution in [-0.2, 0) is 6.42 Å². The van der Waals surface area contributed by atoms with Crippen LogP contribution in [0.5, 0.6) is 0 Å². The molecule has 3 nitrogen and oxygen atoms in total. The van der Waals surface area contributed by atoms with Gasteiger partial charge in [-0.2, -0.15) is 0 Å². The average Bonchev–Trinajstić information content (AvgIpc) is 2.27. The first kappa shape index (κ1) is 8.04. The van der Waals surface area contributed by atoms with Crippen molar-refractivity contribution >= 4 is 11.7 Å². The van der Waals surface area contributed by atoms with Crippen molar-refractivity contribution in [2.24, 2.45) is 0 Å². The number of anilines is 1. The minimum absolute atomic E-state index is 0.262. The lowest BCUT2D eigenvalue weighted by Crippen LogP contribution is -2.27. The van der Waals surface area contributed by atoms with Gasteiger partial charge in [-0.25, -0.2) is 9.18 Å². The van der Waals surface area contributed by atoms with Crippen LogP contribution < -0.4 is 10.6 Å². The van der Waals surface area contributed by atoms with E-state index in [9.17, 15) is 9.18 Å². The zero-order valence-electron chi connectivity index (χ0n) is 6.93. The van der Waals surface area contributed by atoms with Crippen molar-refractivity contribution in [1.29, 1.82) is 0 Å². The number of halogens is 1. The number of hydrogen-bond donors (Lipinski definition) is 2. The molecular weight excluding hydrogens is 171 g/mol. The van der Waals surface area contributed by atoms with Crippen molar-refractivity contribution in [3.8, 4) is 0 Å². The summed E-state index contributed by atoms with van der Waals surface area (Å²) in [5, 5.41) is 5.18. The normalized spacial score (nSPS) is 15.3. The molecule has 68 valence electrons. The number of amides is 2. The van der Waals surface area contributed by atoms with Gasteiger partial charge in [0.15, 0.2) is 0 Å². The summed E-state index contributed by atoms with van der Waals surface area (Å²) in [6, 6.07) is 4.41. The summed E-state index contributed by atoms with van der Waals surface area (Å²) < 4.78 is 13.2. The second kappa shape index (κ2) is 3.05. The van der Waals surface area contributed by atoms with Gasteiger partial charge in [0.2, 0.25) is 0 Å². The van der Waals surface area contributed by atoms with E-state index < -0.39 is 0 Å². The maximum absolute atomic E-state index is 13.2. The molecule has 0 spiro atoms. The fourth-order valence-electron chi connectivity index (χ4n) is 1.40. The van der Waals surface area contributed by atoms with Gasteiger partial charge in [-0.3, -0.25) is 0 Å². The highest BCUT2D eigenvalue weighted by Gasteiger charge is 2.14. The molecule has 1 heterocycles. The van der Waals surface area contributed by atoms with E-state index in [2.05, 4.69) is 10.6 Å². The second-order valence-corrected chi connectivity index (χ2v) is 2.90. The number of hydrogen-bond acceptors (Lipinski definition) is 1. The second-order valence-electron chi connectivity index (χ2n) is 2.90. The van der Waals surface area contributed by atoms with Crippen molar-refractivity contribution in [3.05, 3.63) is 29.6 Å². The van der Waals surface area contributed by atoms with E-state index in [1.54, 1.807) is 12.1 Å². The summed E-state index contributed by atoms with van der Waals surface area (Å²) in [6.45, 7) is 0.472. The first-order valence-corrected chi connectivity index (χ1v) is 4.09. The molecule has 1 aliphatic rings. The minimum atomic E-state index is -0.274. The molecular formula is C9H9FN2O. The maximum Gasteiger partial charge on any atom is 0.319 e. The van der Waals surface area contributed by atoms with E-state index >= 15 is 0 Å². The third-order valence-electron chi connectivity index (χ3n) is 2.03. The molecule has 1 aromatic carbocycles. The molecule has 0 radical (unpaired) electrons. The molecule has 4 heteroatoms. The standard InChI is InChI=1S/C9H9FN2O/c10-7-2-1-3-8-6(7)4-5-11-9(13)12-8/h1-3H,4-5H2,(H2,11,12,13). The summed E-state index contributed by atoms with van der Waals surface area (Å²) in [7, 11) is 0. The van der Waals surface area contributed by atoms with Crippen LogP contribution in [0.1, 0.15) is 5.56 Å². The topological polar surface area (TPSA) is 41.1 Å². The predicted molar refractivity (Wildman–Crippen MR) is 47.1 cm³/mol. The molecule has 0 saturated carbocycles. The Balaban J connectivity index is 2.45. The molecule has 2 N–H and O–H groups in total. The largest absolute Gasteiger partial charge is 0.338 e. The molecule has 0 saturated heterocycles. The van der Waals surface area contributed by atoms with Gasteiger partial charge in [0.25, 0.3) is 0 Å². The fourth-order valence-corrected chi connectivity index (χ4v) is 1.40. The summed E-state index contributed by atoms with van der Waals surface area (Å²) in [4.78, 5) is 11.0. The molecule has 2 rings (SSSR count). The number of carbonyl (C=O) groups excluding carboxylic acids is 1. The van der Waals surface area contributed by atoms with Crippen molar-refractivity contribution in [3.63, 3.8) is 0 Å². The number of nitrogens with one attached hydrogen (secondary N) is 2. The van der Waals surface area contributed by atoms with Gasteiger partial charge in [-0.15, -0.1) is 0 Å². The van der Waals surface area contributed by atoms with Crippen molar-refractivity contribution in [2.45, 2.75) is 6.42 Å². The molecule has 0 atom stereocenters. The third-order valence-corrected chi connectivity index (χ3v) is 2.03. The van der Waals surface area contributed by atoms with Crippen LogP contribution in [0.15, 0.2) is 18.2 Å². The minimum Gasteiger partial charge on any atom is -0.338 e. The number of fused-ring (bicyclic) bond motifs is 1. The van der Waals surface area contributed by atoms with Crippen LogP contribution >= 0.6 is 0 Å². The van der Waals surface area contributed by atoms with Gasteiger partial charge in [-0.05, 0) is 18.6 Å². The molecule has 1 aliphatic heterocycles. The summed E-state index contributed by atoms with van der Waals surface area (Å²) in [5.74, 6) is -0.262. The molecule has 13 heavy (non-hydrogen) atoms. The number of urea groups is 1. The Morgan fingerprint density at radius 3 is 3.08 bits per heavy atom. The lowest BCUT2D eigenvalue weighted by molar-refractivity contribution is 0.252. The SMILES string of the molecule is O=C1NCCc2c(F)cccc2N1. The molecule has 0 unspecified atom stereocenters. The zero-order valence-corrected chi connectivity index (χ0v) is 6.93. The van der Waals surface area contributed by atoms with Gasteiger partial charge in [0, 0.05) is 17.8 Å². The smallest absolute Gasteiger partial charge is 0.319 e. The Morgan fingerprint density at radius 2 is 2.23 bits per heavy atom. The fraction of sp³-hybridized carbons (Fsp3) is 0.222. The van der Waals surface area contributed by atoms with Gasteiger partial charge in [0.1, 0.15) is 5.82 Å². The molecule has 0 aromatic heterocycles. The predicted octanol–water partition coefficient (Wildman–Crippen LogP) is 1.50. The summed E-state index contributed by atoms with van der Waals surface area (Å²) in [5.41, 5.74) is 1.14. The van der Waals surface area contributed by atoms with Crippen molar-refractivity contribution < 1.29 is 9.18 Å². The zero-order chi connectivity index (χ0) is 9.26. The monoisotopic (exact) mass is 180 g/mol. The quantitative estimate of drug-likeness (QED) is 0.624. The van der Waals surface area contributed by atoms with Gasteiger partial charge in [-0.1, -0.05) is 6.07 Å².